The summed E-state index contributed by atoms with van der Waals surface area (Å²) in [6.45, 7) is 4.08. The molecule has 0 fully saturated rings. The molecule has 0 spiro atoms. The standard InChI is InChI=1S/C11H14ClFO/c1-7(2)9(6-14)8-3-4-11(13)10(12)5-8/h3-5,7,9,14H,6H2,1-2H3. The number of halogens is 2. The largest absolute Gasteiger partial charge is 0.396 e. The van der Waals surface area contributed by atoms with Gasteiger partial charge in [-0.1, -0.05) is 31.5 Å². The van der Waals surface area contributed by atoms with Gasteiger partial charge in [0, 0.05) is 5.92 Å². The SMILES string of the molecule is CC(C)C(CO)c1ccc(F)c(Cl)c1. The van der Waals surface area contributed by atoms with E-state index >= 15 is 0 Å². The van der Waals surface area contributed by atoms with Gasteiger partial charge < -0.3 is 5.11 Å². The monoisotopic (exact) mass is 216 g/mol. The predicted molar refractivity (Wildman–Crippen MR) is 56.1 cm³/mol. The molecule has 1 nitrogen and oxygen atoms in total. The Hall–Kier alpha value is -0.600. The minimum absolute atomic E-state index is 0.0214. The lowest BCUT2D eigenvalue weighted by molar-refractivity contribution is 0.237. The van der Waals surface area contributed by atoms with Gasteiger partial charge in [-0.15, -0.1) is 0 Å². The van der Waals surface area contributed by atoms with Gasteiger partial charge in [-0.05, 0) is 23.6 Å². The van der Waals surface area contributed by atoms with Crippen molar-refractivity contribution < 1.29 is 9.50 Å². The smallest absolute Gasteiger partial charge is 0.141 e. The Morgan fingerprint density at radius 1 is 1.43 bits per heavy atom. The van der Waals surface area contributed by atoms with Gasteiger partial charge in [0.1, 0.15) is 5.82 Å². The zero-order valence-corrected chi connectivity index (χ0v) is 9.05. The highest BCUT2D eigenvalue weighted by Crippen LogP contribution is 2.27. The third kappa shape index (κ3) is 2.46. The average Bonchev–Trinajstić information content (AvgIpc) is 2.11. The van der Waals surface area contributed by atoms with Gasteiger partial charge in [0.2, 0.25) is 0 Å². The lowest BCUT2D eigenvalue weighted by Gasteiger charge is -2.18. The summed E-state index contributed by atoms with van der Waals surface area (Å²) in [4.78, 5) is 0. The van der Waals surface area contributed by atoms with Crippen molar-refractivity contribution in [3.63, 3.8) is 0 Å². The molecular weight excluding hydrogens is 203 g/mol. The van der Waals surface area contributed by atoms with Crippen LogP contribution in [0, 0.1) is 11.7 Å². The topological polar surface area (TPSA) is 20.2 Å². The second kappa shape index (κ2) is 4.76. The van der Waals surface area contributed by atoms with E-state index in [0.29, 0.717) is 5.92 Å². The van der Waals surface area contributed by atoms with Crippen LogP contribution in [0.4, 0.5) is 4.39 Å². The molecule has 0 aliphatic carbocycles. The van der Waals surface area contributed by atoms with Crippen molar-refractivity contribution >= 4 is 11.6 Å². The molecule has 78 valence electrons. The van der Waals surface area contributed by atoms with Crippen LogP contribution >= 0.6 is 11.6 Å². The summed E-state index contributed by atoms with van der Waals surface area (Å²) in [6.07, 6.45) is 0. The van der Waals surface area contributed by atoms with Crippen LogP contribution in [-0.4, -0.2) is 11.7 Å². The molecule has 0 saturated carbocycles. The minimum Gasteiger partial charge on any atom is -0.396 e. The summed E-state index contributed by atoms with van der Waals surface area (Å²) in [5, 5.41) is 9.29. The molecule has 1 aromatic rings. The molecule has 1 rings (SSSR count). The van der Waals surface area contributed by atoms with Crippen LogP contribution in [0.5, 0.6) is 0 Å². The van der Waals surface area contributed by atoms with E-state index < -0.39 is 5.82 Å². The summed E-state index contributed by atoms with van der Waals surface area (Å²) < 4.78 is 12.9. The fourth-order valence-electron chi connectivity index (χ4n) is 1.44. The molecule has 14 heavy (non-hydrogen) atoms. The van der Waals surface area contributed by atoms with E-state index in [-0.39, 0.29) is 17.5 Å². The molecule has 1 atom stereocenters. The molecule has 1 aromatic carbocycles. The van der Waals surface area contributed by atoms with E-state index in [9.17, 15) is 9.50 Å². The number of hydrogen-bond donors (Lipinski definition) is 1. The van der Waals surface area contributed by atoms with Gasteiger partial charge in [-0.3, -0.25) is 0 Å². The van der Waals surface area contributed by atoms with Crippen molar-refractivity contribution in [1.82, 2.24) is 0 Å². The Morgan fingerprint density at radius 2 is 2.07 bits per heavy atom. The molecule has 0 aliphatic rings. The van der Waals surface area contributed by atoms with Crippen LogP contribution in [0.15, 0.2) is 18.2 Å². The quantitative estimate of drug-likeness (QED) is 0.823. The Balaban J connectivity index is 3.00. The zero-order valence-electron chi connectivity index (χ0n) is 8.30. The van der Waals surface area contributed by atoms with Crippen LogP contribution in [0.25, 0.3) is 0 Å². The van der Waals surface area contributed by atoms with Crippen LogP contribution in [0.3, 0.4) is 0 Å². The minimum atomic E-state index is -0.420. The Kier molecular flexibility index (Phi) is 3.90. The molecular formula is C11H14ClFO. The molecule has 0 radical (unpaired) electrons. The van der Waals surface area contributed by atoms with E-state index in [1.165, 1.54) is 6.07 Å². The molecule has 0 saturated heterocycles. The van der Waals surface area contributed by atoms with Crippen molar-refractivity contribution in [3.05, 3.63) is 34.6 Å². The maximum atomic E-state index is 12.9. The van der Waals surface area contributed by atoms with E-state index in [0.717, 1.165) is 5.56 Å². The molecule has 1 N–H and O–H groups in total. The zero-order chi connectivity index (χ0) is 10.7. The maximum Gasteiger partial charge on any atom is 0.141 e. The fraction of sp³-hybridized carbons (Fsp3) is 0.455. The van der Waals surface area contributed by atoms with Gasteiger partial charge in [0.15, 0.2) is 0 Å². The van der Waals surface area contributed by atoms with Gasteiger partial charge in [0.05, 0.1) is 11.6 Å². The van der Waals surface area contributed by atoms with Crippen molar-refractivity contribution in [2.45, 2.75) is 19.8 Å². The third-order valence-corrected chi connectivity index (χ3v) is 2.66. The molecule has 0 heterocycles. The van der Waals surface area contributed by atoms with Crippen molar-refractivity contribution in [2.75, 3.05) is 6.61 Å². The number of rotatable bonds is 3. The Morgan fingerprint density at radius 3 is 2.50 bits per heavy atom. The van der Waals surface area contributed by atoms with Crippen molar-refractivity contribution in [2.24, 2.45) is 5.92 Å². The number of aliphatic hydroxyl groups excluding tert-OH is 1. The van der Waals surface area contributed by atoms with E-state index in [2.05, 4.69) is 0 Å². The Bertz CT molecular complexity index is 312. The van der Waals surface area contributed by atoms with Gasteiger partial charge in [0.25, 0.3) is 0 Å². The van der Waals surface area contributed by atoms with Crippen molar-refractivity contribution in [3.8, 4) is 0 Å². The molecule has 0 aliphatic heterocycles. The summed E-state index contributed by atoms with van der Waals surface area (Å²) in [5.74, 6) is -0.0921. The highest BCUT2D eigenvalue weighted by molar-refractivity contribution is 6.30. The highest BCUT2D eigenvalue weighted by Gasteiger charge is 2.15. The summed E-state index contributed by atoms with van der Waals surface area (Å²) in [7, 11) is 0. The number of benzene rings is 1. The van der Waals surface area contributed by atoms with E-state index in [4.69, 9.17) is 11.6 Å². The van der Waals surface area contributed by atoms with Crippen LogP contribution in [0.1, 0.15) is 25.3 Å². The average molecular weight is 217 g/mol. The lowest BCUT2D eigenvalue weighted by atomic mass is 9.89. The van der Waals surface area contributed by atoms with Gasteiger partial charge >= 0.3 is 0 Å². The first kappa shape index (κ1) is 11.5. The number of aliphatic hydroxyl groups is 1. The van der Waals surface area contributed by atoms with Gasteiger partial charge in [-0.25, -0.2) is 4.39 Å². The van der Waals surface area contributed by atoms with E-state index in [1.54, 1.807) is 12.1 Å². The molecule has 0 aromatic heterocycles. The lowest BCUT2D eigenvalue weighted by Crippen LogP contribution is -2.11. The third-order valence-electron chi connectivity index (χ3n) is 2.37. The molecule has 1 unspecified atom stereocenters. The normalized spacial score (nSPS) is 13.3. The van der Waals surface area contributed by atoms with Crippen molar-refractivity contribution in [1.29, 1.82) is 0 Å². The maximum absolute atomic E-state index is 12.9. The molecule has 0 bridgehead atoms. The first-order valence-corrected chi connectivity index (χ1v) is 5.00. The summed E-state index contributed by atoms with van der Waals surface area (Å²) in [6, 6.07) is 4.59. The predicted octanol–water partition coefficient (Wildman–Crippen LogP) is 3.21. The fourth-order valence-corrected chi connectivity index (χ4v) is 1.63. The van der Waals surface area contributed by atoms with Crippen LogP contribution < -0.4 is 0 Å². The van der Waals surface area contributed by atoms with E-state index in [1.807, 2.05) is 13.8 Å². The second-order valence-corrected chi connectivity index (χ2v) is 4.11. The first-order chi connectivity index (χ1) is 6.56. The highest BCUT2D eigenvalue weighted by atomic mass is 35.5. The van der Waals surface area contributed by atoms with Crippen LogP contribution in [-0.2, 0) is 0 Å². The van der Waals surface area contributed by atoms with Crippen LogP contribution in [0.2, 0.25) is 5.02 Å². The molecule has 0 amide bonds. The summed E-state index contributed by atoms with van der Waals surface area (Å²) in [5.41, 5.74) is 0.883. The molecule has 3 heteroatoms. The number of hydrogen-bond acceptors (Lipinski definition) is 1. The van der Waals surface area contributed by atoms with Gasteiger partial charge in [-0.2, -0.15) is 0 Å². The first-order valence-electron chi connectivity index (χ1n) is 4.62. The Labute approximate surface area is 88.5 Å². The second-order valence-electron chi connectivity index (χ2n) is 3.71. The summed E-state index contributed by atoms with van der Waals surface area (Å²) >= 11 is 5.66.